The lowest BCUT2D eigenvalue weighted by Gasteiger charge is -2.20. The van der Waals surface area contributed by atoms with Gasteiger partial charge in [-0.05, 0) is 62.8 Å². The van der Waals surface area contributed by atoms with Crippen molar-refractivity contribution in [2.24, 2.45) is 10.9 Å². The zero-order valence-corrected chi connectivity index (χ0v) is 19.8. The van der Waals surface area contributed by atoms with Crippen LogP contribution in [0, 0.1) is 19.8 Å². The SMILES string of the molecule is CCCC(=Nc1c(Nc2ccc(C)cc2)nc2ccccc2c1C)C(CCC)CCC. The molecule has 1 N–H and O–H groups in total. The van der Waals surface area contributed by atoms with Crippen molar-refractivity contribution in [2.75, 3.05) is 5.32 Å². The summed E-state index contributed by atoms with van der Waals surface area (Å²) in [6.45, 7) is 11.1. The lowest BCUT2D eigenvalue weighted by Crippen LogP contribution is -2.14. The summed E-state index contributed by atoms with van der Waals surface area (Å²) in [5, 5.41) is 4.74. The summed E-state index contributed by atoms with van der Waals surface area (Å²) in [6, 6.07) is 16.8. The van der Waals surface area contributed by atoms with Crippen LogP contribution in [0.15, 0.2) is 53.5 Å². The van der Waals surface area contributed by atoms with Gasteiger partial charge in [0.2, 0.25) is 0 Å². The molecule has 31 heavy (non-hydrogen) atoms. The summed E-state index contributed by atoms with van der Waals surface area (Å²) in [5.74, 6) is 1.40. The van der Waals surface area contributed by atoms with Crippen LogP contribution in [0.3, 0.4) is 0 Å². The minimum atomic E-state index is 0.549. The van der Waals surface area contributed by atoms with E-state index in [4.69, 9.17) is 9.98 Å². The highest BCUT2D eigenvalue weighted by Gasteiger charge is 2.18. The Labute approximate surface area is 188 Å². The molecule has 0 atom stereocenters. The molecule has 3 rings (SSSR count). The Morgan fingerprint density at radius 1 is 0.903 bits per heavy atom. The van der Waals surface area contributed by atoms with E-state index in [0.29, 0.717) is 5.92 Å². The van der Waals surface area contributed by atoms with Gasteiger partial charge in [0, 0.05) is 16.8 Å². The average Bonchev–Trinajstić information content (AvgIpc) is 2.77. The zero-order valence-electron chi connectivity index (χ0n) is 19.8. The molecule has 0 saturated heterocycles. The minimum Gasteiger partial charge on any atom is -0.338 e. The highest BCUT2D eigenvalue weighted by molar-refractivity contribution is 5.96. The molecular weight excluding hydrogens is 378 g/mol. The first kappa shape index (κ1) is 23.0. The predicted molar refractivity (Wildman–Crippen MR) is 136 cm³/mol. The van der Waals surface area contributed by atoms with Crippen LogP contribution < -0.4 is 5.32 Å². The fourth-order valence-corrected chi connectivity index (χ4v) is 4.29. The van der Waals surface area contributed by atoms with Gasteiger partial charge in [-0.15, -0.1) is 0 Å². The van der Waals surface area contributed by atoms with Crippen molar-refractivity contribution < 1.29 is 0 Å². The number of fused-ring (bicyclic) bond motifs is 1. The molecule has 0 amide bonds. The van der Waals surface area contributed by atoms with Crippen molar-refractivity contribution in [2.45, 2.75) is 73.1 Å². The van der Waals surface area contributed by atoms with E-state index < -0.39 is 0 Å². The molecule has 0 aliphatic carbocycles. The molecule has 0 fully saturated rings. The molecule has 3 nitrogen and oxygen atoms in total. The molecule has 0 spiro atoms. The Bertz CT molecular complexity index is 1010. The first-order valence-electron chi connectivity index (χ1n) is 11.9. The normalized spacial score (nSPS) is 12.0. The number of nitrogens with zero attached hydrogens (tertiary/aromatic N) is 2. The van der Waals surface area contributed by atoms with E-state index >= 15 is 0 Å². The van der Waals surface area contributed by atoms with Gasteiger partial charge >= 0.3 is 0 Å². The van der Waals surface area contributed by atoms with Crippen molar-refractivity contribution in [1.29, 1.82) is 0 Å². The maximum Gasteiger partial charge on any atom is 0.157 e. The van der Waals surface area contributed by atoms with Crippen LogP contribution in [-0.2, 0) is 0 Å². The number of nitrogens with one attached hydrogen (secondary N) is 1. The average molecular weight is 416 g/mol. The van der Waals surface area contributed by atoms with Crippen molar-refractivity contribution in [3.05, 3.63) is 59.7 Å². The number of hydrogen-bond donors (Lipinski definition) is 1. The molecule has 3 heteroatoms. The second kappa shape index (κ2) is 11.1. The van der Waals surface area contributed by atoms with Crippen LogP contribution in [0.1, 0.15) is 70.4 Å². The van der Waals surface area contributed by atoms with E-state index in [1.54, 1.807) is 0 Å². The van der Waals surface area contributed by atoms with Gasteiger partial charge in [0.15, 0.2) is 5.82 Å². The molecule has 0 bridgehead atoms. The fourth-order valence-electron chi connectivity index (χ4n) is 4.29. The number of aryl methyl sites for hydroxylation is 2. The van der Waals surface area contributed by atoms with Crippen LogP contribution >= 0.6 is 0 Å². The van der Waals surface area contributed by atoms with E-state index in [1.807, 2.05) is 0 Å². The number of aliphatic imine (C=N–C) groups is 1. The van der Waals surface area contributed by atoms with Crippen molar-refractivity contribution in [1.82, 2.24) is 4.98 Å². The molecule has 1 heterocycles. The smallest absolute Gasteiger partial charge is 0.157 e. The minimum absolute atomic E-state index is 0.549. The molecule has 164 valence electrons. The number of benzene rings is 2. The molecule has 0 radical (unpaired) electrons. The summed E-state index contributed by atoms with van der Waals surface area (Å²) < 4.78 is 0. The summed E-state index contributed by atoms with van der Waals surface area (Å²) in [7, 11) is 0. The second-order valence-corrected chi connectivity index (χ2v) is 8.57. The van der Waals surface area contributed by atoms with Gasteiger partial charge in [0.25, 0.3) is 0 Å². The summed E-state index contributed by atoms with van der Waals surface area (Å²) in [4.78, 5) is 10.3. The predicted octanol–water partition coefficient (Wildman–Crippen LogP) is 8.68. The number of aromatic nitrogens is 1. The Hall–Kier alpha value is -2.68. The van der Waals surface area contributed by atoms with Gasteiger partial charge in [-0.3, -0.25) is 4.99 Å². The van der Waals surface area contributed by atoms with Gasteiger partial charge in [-0.1, -0.05) is 75.9 Å². The highest BCUT2D eigenvalue weighted by atomic mass is 15.0. The van der Waals surface area contributed by atoms with E-state index in [2.05, 4.69) is 88.5 Å². The summed E-state index contributed by atoms with van der Waals surface area (Å²) in [6.07, 6.45) is 6.94. The monoisotopic (exact) mass is 415 g/mol. The topological polar surface area (TPSA) is 37.3 Å². The van der Waals surface area contributed by atoms with E-state index in [-0.39, 0.29) is 0 Å². The van der Waals surface area contributed by atoms with Crippen molar-refractivity contribution >= 4 is 33.8 Å². The van der Waals surface area contributed by atoms with Gasteiger partial charge < -0.3 is 5.32 Å². The maximum absolute atomic E-state index is 5.34. The third-order valence-corrected chi connectivity index (χ3v) is 5.94. The van der Waals surface area contributed by atoms with Crippen LogP contribution in [0.5, 0.6) is 0 Å². The number of hydrogen-bond acceptors (Lipinski definition) is 3. The number of anilines is 2. The van der Waals surface area contributed by atoms with E-state index in [9.17, 15) is 0 Å². The lowest BCUT2D eigenvalue weighted by atomic mass is 9.90. The molecule has 0 aliphatic rings. The molecule has 0 unspecified atom stereocenters. The largest absolute Gasteiger partial charge is 0.338 e. The Morgan fingerprint density at radius 3 is 2.23 bits per heavy atom. The quantitative estimate of drug-likeness (QED) is 0.336. The second-order valence-electron chi connectivity index (χ2n) is 8.57. The molecule has 2 aromatic carbocycles. The Kier molecular flexibility index (Phi) is 8.22. The van der Waals surface area contributed by atoms with Gasteiger partial charge in [0.05, 0.1) is 5.52 Å². The van der Waals surface area contributed by atoms with Gasteiger partial charge in [-0.25, -0.2) is 4.98 Å². The number of rotatable bonds is 10. The van der Waals surface area contributed by atoms with E-state index in [0.717, 1.165) is 35.6 Å². The summed E-state index contributed by atoms with van der Waals surface area (Å²) >= 11 is 0. The maximum atomic E-state index is 5.34. The van der Waals surface area contributed by atoms with Crippen LogP contribution in [-0.4, -0.2) is 10.7 Å². The Morgan fingerprint density at radius 2 is 1.58 bits per heavy atom. The third-order valence-electron chi connectivity index (χ3n) is 5.94. The highest BCUT2D eigenvalue weighted by Crippen LogP contribution is 2.36. The molecule has 0 aliphatic heterocycles. The van der Waals surface area contributed by atoms with Crippen molar-refractivity contribution in [3.63, 3.8) is 0 Å². The zero-order chi connectivity index (χ0) is 22.2. The Balaban J connectivity index is 2.15. The van der Waals surface area contributed by atoms with Crippen LogP contribution in [0.25, 0.3) is 10.9 Å². The van der Waals surface area contributed by atoms with Crippen LogP contribution in [0.2, 0.25) is 0 Å². The van der Waals surface area contributed by atoms with Gasteiger partial charge in [-0.2, -0.15) is 0 Å². The molecule has 3 aromatic rings. The van der Waals surface area contributed by atoms with E-state index in [1.165, 1.54) is 47.9 Å². The van der Waals surface area contributed by atoms with Gasteiger partial charge in [0.1, 0.15) is 5.69 Å². The lowest BCUT2D eigenvalue weighted by molar-refractivity contribution is 0.549. The number of pyridine rings is 1. The fraction of sp³-hybridized carbons (Fsp3) is 0.429. The molecule has 0 saturated carbocycles. The third kappa shape index (κ3) is 5.72. The first-order valence-corrected chi connectivity index (χ1v) is 11.9. The molecule has 1 aromatic heterocycles. The van der Waals surface area contributed by atoms with Crippen LogP contribution in [0.4, 0.5) is 17.2 Å². The first-order chi connectivity index (χ1) is 15.1. The van der Waals surface area contributed by atoms with Crippen molar-refractivity contribution in [3.8, 4) is 0 Å². The summed E-state index contributed by atoms with van der Waals surface area (Å²) in [5.41, 5.74) is 6.81. The number of para-hydroxylation sites is 1. The standard InChI is InChI=1S/C28H37N3/c1-6-11-22(12-7-2)25(13-8-3)30-27-21(5)24-14-9-10-15-26(24)31-28(27)29-23-18-16-20(4)17-19-23/h9-10,14-19,22H,6-8,11-13H2,1-5H3,(H,29,31). The molecular formula is C28H37N3.